The van der Waals surface area contributed by atoms with Crippen LogP contribution < -0.4 is 16.0 Å². The van der Waals surface area contributed by atoms with Crippen molar-refractivity contribution >= 4 is 75.2 Å². The predicted octanol–water partition coefficient (Wildman–Crippen LogP) is 9.63. The number of amides is 3. The number of nitrogens with zero attached hydrogens (tertiary/aromatic N) is 1. The maximum absolute atomic E-state index is 14.4. The first-order valence-electron chi connectivity index (χ1n) is 18.5. The summed E-state index contributed by atoms with van der Waals surface area (Å²) in [6.07, 6.45) is 2.18. The minimum Gasteiger partial charge on any atom is -0.465 e. The molecule has 1 atom stereocenters. The minimum atomic E-state index is -0.729. The van der Waals surface area contributed by atoms with Crippen LogP contribution in [0.3, 0.4) is 0 Å². The van der Waals surface area contributed by atoms with E-state index in [1.165, 1.54) is 41.8 Å². The van der Waals surface area contributed by atoms with Crippen molar-refractivity contribution in [2.75, 3.05) is 24.3 Å². The van der Waals surface area contributed by atoms with E-state index in [1.54, 1.807) is 72.8 Å². The molecular formula is C46H39ClN4O5S2. The lowest BCUT2D eigenvalue weighted by atomic mass is 10.0. The molecule has 0 saturated carbocycles. The van der Waals surface area contributed by atoms with Gasteiger partial charge in [-0.2, -0.15) is 0 Å². The third kappa shape index (κ3) is 9.93. The highest BCUT2D eigenvalue weighted by Crippen LogP contribution is 2.41. The summed E-state index contributed by atoms with van der Waals surface area (Å²) < 4.78 is 5.22. The molecule has 9 nitrogen and oxygen atoms in total. The summed E-state index contributed by atoms with van der Waals surface area (Å²) in [6, 6.07) is 42.4. The number of halogens is 1. The molecule has 3 amide bonds. The molecule has 3 N–H and O–H groups in total. The molecule has 7 rings (SSSR count). The van der Waals surface area contributed by atoms with Crippen molar-refractivity contribution in [2.24, 2.45) is 0 Å². The molecule has 1 unspecified atom stereocenters. The van der Waals surface area contributed by atoms with Gasteiger partial charge in [-0.1, -0.05) is 115 Å². The van der Waals surface area contributed by atoms with Crippen LogP contribution in [0.4, 0.5) is 10.7 Å². The molecule has 292 valence electrons. The van der Waals surface area contributed by atoms with Crippen LogP contribution in [0.1, 0.15) is 53.1 Å². The number of ether oxygens (including phenoxy) is 1. The molecule has 0 saturated heterocycles. The van der Waals surface area contributed by atoms with Gasteiger partial charge in [0.05, 0.1) is 12.7 Å². The predicted molar refractivity (Wildman–Crippen MR) is 232 cm³/mol. The number of benzene rings is 5. The maximum atomic E-state index is 14.4. The summed E-state index contributed by atoms with van der Waals surface area (Å²) in [4.78, 5) is 58.6. The third-order valence-corrected chi connectivity index (χ3v) is 12.2. The number of rotatable bonds is 13. The number of thiophene rings is 1. The van der Waals surface area contributed by atoms with Crippen molar-refractivity contribution in [3.63, 3.8) is 0 Å². The number of thioether (sulfide) groups is 1. The van der Waals surface area contributed by atoms with Gasteiger partial charge < -0.3 is 20.7 Å². The molecule has 2 heterocycles. The summed E-state index contributed by atoms with van der Waals surface area (Å²) >= 11 is 9.14. The largest absolute Gasteiger partial charge is 0.465 e. The van der Waals surface area contributed by atoms with Gasteiger partial charge in [-0.25, -0.2) is 4.79 Å². The normalized spacial score (nSPS) is 13.2. The van der Waals surface area contributed by atoms with Crippen LogP contribution in [-0.2, 0) is 33.8 Å². The van der Waals surface area contributed by atoms with Gasteiger partial charge in [0, 0.05) is 45.7 Å². The van der Waals surface area contributed by atoms with E-state index in [0.29, 0.717) is 50.3 Å². The van der Waals surface area contributed by atoms with E-state index in [9.17, 15) is 19.2 Å². The summed E-state index contributed by atoms with van der Waals surface area (Å²) in [6.45, 7) is 2.19. The molecule has 1 aliphatic rings. The molecule has 5 aromatic carbocycles. The Labute approximate surface area is 350 Å². The Morgan fingerprint density at radius 2 is 1.53 bits per heavy atom. The average Bonchev–Trinajstić information content (AvgIpc) is 3.60. The smallest absolute Gasteiger partial charge is 0.341 e. The van der Waals surface area contributed by atoms with Crippen molar-refractivity contribution in [1.82, 2.24) is 10.2 Å². The third-order valence-electron chi connectivity index (χ3n) is 9.43. The molecular weight excluding hydrogens is 788 g/mol. The van der Waals surface area contributed by atoms with E-state index in [4.69, 9.17) is 16.3 Å². The van der Waals surface area contributed by atoms with Gasteiger partial charge in [-0.3, -0.25) is 19.3 Å². The van der Waals surface area contributed by atoms with Crippen LogP contribution in [0, 0.1) is 0 Å². The number of fused-ring (bicyclic) bond motifs is 1. The molecule has 0 radical (unpaired) electrons. The van der Waals surface area contributed by atoms with Gasteiger partial charge >= 0.3 is 5.97 Å². The topological polar surface area (TPSA) is 117 Å². The van der Waals surface area contributed by atoms with Gasteiger partial charge in [0.15, 0.2) is 0 Å². The van der Waals surface area contributed by atoms with E-state index in [1.807, 2.05) is 54.6 Å². The molecule has 0 spiro atoms. The summed E-state index contributed by atoms with van der Waals surface area (Å²) in [5.41, 5.74) is 4.64. The Morgan fingerprint density at radius 1 is 0.845 bits per heavy atom. The van der Waals surface area contributed by atoms with Crippen molar-refractivity contribution < 1.29 is 23.9 Å². The van der Waals surface area contributed by atoms with Crippen molar-refractivity contribution in [1.29, 1.82) is 0 Å². The molecule has 58 heavy (non-hydrogen) atoms. The van der Waals surface area contributed by atoms with Crippen LogP contribution in [0.5, 0.6) is 0 Å². The second kappa shape index (κ2) is 19.0. The Balaban J connectivity index is 1.12. The lowest BCUT2D eigenvalue weighted by Crippen LogP contribution is -2.30. The quantitative estimate of drug-likeness (QED) is 0.0604. The van der Waals surface area contributed by atoms with Gasteiger partial charge in [0.25, 0.3) is 11.8 Å². The van der Waals surface area contributed by atoms with Crippen LogP contribution in [0.15, 0.2) is 150 Å². The Hall–Kier alpha value is -5.98. The molecule has 0 bridgehead atoms. The second-order valence-corrected chi connectivity index (χ2v) is 16.1. The number of anilines is 2. The van der Waals surface area contributed by atoms with Gasteiger partial charge in [-0.15, -0.1) is 23.1 Å². The SMILES string of the molecule is COC(=O)c1c(NC(=O)C(Sc2cccc(NC(=O)/C(=C\c3ccccc3Cl)NC(=O)c3ccccc3)c2)c2ccccc2)sc2c1CCN(Cc1ccccc1)C2. The van der Waals surface area contributed by atoms with E-state index in [2.05, 4.69) is 33.0 Å². The van der Waals surface area contributed by atoms with E-state index in [0.717, 1.165) is 29.1 Å². The highest BCUT2D eigenvalue weighted by Gasteiger charge is 2.31. The Kier molecular flexibility index (Phi) is 13.2. The van der Waals surface area contributed by atoms with Crippen LogP contribution in [0.25, 0.3) is 6.08 Å². The van der Waals surface area contributed by atoms with E-state index >= 15 is 0 Å². The Morgan fingerprint density at radius 3 is 2.26 bits per heavy atom. The first-order chi connectivity index (χ1) is 28.2. The molecule has 1 aliphatic heterocycles. The zero-order valence-electron chi connectivity index (χ0n) is 31.4. The van der Waals surface area contributed by atoms with Gasteiger partial charge in [-0.05, 0) is 71.1 Å². The fourth-order valence-electron chi connectivity index (χ4n) is 6.59. The zero-order chi connectivity index (χ0) is 40.4. The highest BCUT2D eigenvalue weighted by atomic mass is 35.5. The standard InChI is InChI=1S/C46H39ClN4O5S2/c1-56-46(55)40-36-24-25-51(28-30-14-5-2-6-15-30)29-39(36)58-45(40)50-44(54)41(31-16-7-3-8-17-31)57-35-22-13-21-34(27-35)48-43(53)38(26-33-20-11-12-23-37(33)47)49-42(52)32-18-9-4-10-19-32/h2-23,26-27,41H,24-25,28-29H2,1H3,(H,48,53)(H,49,52)(H,50,54)/b38-26+. The fraction of sp³-hybridized carbons (Fsp3) is 0.130. The summed E-state index contributed by atoms with van der Waals surface area (Å²) in [5.74, 6) is -1.83. The first kappa shape index (κ1) is 40.2. The number of methoxy groups -OCH3 is 1. The number of nitrogens with one attached hydrogen (secondary N) is 3. The zero-order valence-corrected chi connectivity index (χ0v) is 33.8. The van der Waals surface area contributed by atoms with Crippen molar-refractivity contribution in [2.45, 2.75) is 29.7 Å². The highest BCUT2D eigenvalue weighted by molar-refractivity contribution is 8.00. The number of carbonyl (C=O) groups is 4. The van der Waals surface area contributed by atoms with Crippen LogP contribution in [0.2, 0.25) is 5.02 Å². The lowest BCUT2D eigenvalue weighted by Gasteiger charge is -2.27. The van der Waals surface area contributed by atoms with Crippen LogP contribution >= 0.6 is 34.7 Å². The minimum absolute atomic E-state index is 0.00945. The van der Waals surface area contributed by atoms with Crippen molar-refractivity contribution in [3.8, 4) is 0 Å². The summed E-state index contributed by atoms with van der Waals surface area (Å²) in [7, 11) is 1.35. The van der Waals surface area contributed by atoms with Crippen molar-refractivity contribution in [3.05, 3.63) is 189 Å². The van der Waals surface area contributed by atoms with E-state index in [-0.39, 0.29) is 11.6 Å². The number of carbonyl (C=O) groups excluding carboxylic acids is 4. The molecule has 0 fully saturated rings. The number of hydrogen-bond donors (Lipinski definition) is 3. The molecule has 6 aromatic rings. The Bertz CT molecular complexity index is 2460. The number of esters is 1. The van der Waals surface area contributed by atoms with E-state index < -0.39 is 23.0 Å². The van der Waals surface area contributed by atoms with Gasteiger partial charge in [0.1, 0.15) is 15.9 Å². The molecule has 1 aromatic heterocycles. The lowest BCUT2D eigenvalue weighted by molar-refractivity contribution is -0.116. The maximum Gasteiger partial charge on any atom is 0.341 e. The first-order valence-corrected chi connectivity index (χ1v) is 20.6. The van der Waals surface area contributed by atoms with Crippen LogP contribution in [-0.4, -0.2) is 42.2 Å². The van der Waals surface area contributed by atoms with Gasteiger partial charge in [0.2, 0.25) is 5.91 Å². The average molecular weight is 827 g/mol. The molecule has 12 heteroatoms. The molecule has 0 aliphatic carbocycles. The monoisotopic (exact) mass is 826 g/mol. The number of hydrogen-bond acceptors (Lipinski definition) is 8. The second-order valence-electron chi connectivity index (χ2n) is 13.4. The summed E-state index contributed by atoms with van der Waals surface area (Å²) in [5, 5.41) is 8.89. The fourth-order valence-corrected chi connectivity index (χ4v) is 9.14.